The normalized spacial score (nSPS) is 13.8. The minimum Gasteiger partial charge on any atom is -0.373 e. The lowest BCUT2D eigenvalue weighted by atomic mass is 10.1. The van der Waals surface area contributed by atoms with E-state index in [-0.39, 0.29) is 11.3 Å². The number of benzene rings is 2. The summed E-state index contributed by atoms with van der Waals surface area (Å²) < 4.78 is 8.73. The first kappa shape index (κ1) is 22.0. The van der Waals surface area contributed by atoms with Crippen LogP contribution in [0.25, 0.3) is 23.0 Å². The van der Waals surface area contributed by atoms with E-state index in [1.807, 2.05) is 80.7 Å². The Hall–Kier alpha value is -3.85. The molecule has 1 amide bonds. The summed E-state index contributed by atoms with van der Waals surface area (Å²) in [5.74, 6) is 1.69. The molecule has 0 radical (unpaired) electrons. The maximum atomic E-state index is 12.3. The van der Waals surface area contributed by atoms with Gasteiger partial charge in [-0.15, -0.1) is 0 Å². The van der Waals surface area contributed by atoms with Gasteiger partial charge in [0.2, 0.25) is 11.7 Å². The molecule has 0 aliphatic heterocycles. The molecule has 1 aliphatic carbocycles. The molecule has 0 saturated heterocycles. The molecule has 1 aliphatic rings. The molecule has 9 heteroatoms. The Balaban J connectivity index is 1.21. The summed E-state index contributed by atoms with van der Waals surface area (Å²) in [7, 11) is 1.81. The number of hydrogen-bond donors (Lipinski definition) is 3. The Morgan fingerprint density at radius 3 is 2.53 bits per heavy atom. The molecule has 5 rings (SSSR count). The lowest BCUT2D eigenvalue weighted by molar-refractivity contribution is -0.120. The quantitative estimate of drug-likeness (QED) is 0.281. The molecule has 4 aromatic rings. The highest BCUT2D eigenvalue weighted by Crippen LogP contribution is 2.45. The highest BCUT2D eigenvalue weighted by Gasteiger charge is 2.44. The molecular weight excluding hydrogens is 448 g/mol. The number of anilines is 3. The van der Waals surface area contributed by atoms with Gasteiger partial charge < -0.3 is 19.9 Å². The first-order chi connectivity index (χ1) is 16.5. The molecule has 2 heterocycles. The summed E-state index contributed by atoms with van der Waals surface area (Å²) in [6.07, 6.45) is 1.91. The van der Waals surface area contributed by atoms with Gasteiger partial charge in [0, 0.05) is 34.3 Å². The van der Waals surface area contributed by atoms with E-state index < -0.39 is 0 Å². The van der Waals surface area contributed by atoms with Gasteiger partial charge in [0.05, 0.1) is 0 Å². The highest BCUT2D eigenvalue weighted by atomic mass is 32.2. The van der Waals surface area contributed by atoms with Gasteiger partial charge in [-0.2, -0.15) is 4.98 Å². The lowest BCUT2D eigenvalue weighted by Gasteiger charge is -2.12. The van der Waals surface area contributed by atoms with Gasteiger partial charge in [0.15, 0.2) is 0 Å². The van der Waals surface area contributed by atoms with Crippen LogP contribution in [0.3, 0.4) is 0 Å². The fraction of sp³-hybridized carbons (Fsp3) is 0.200. The minimum atomic E-state index is -0.202. The van der Waals surface area contributed by atoms with Crippen LogP contribution in [0, 0.1) is 5.41 Å². The van der Waals surface area contributed by atoms with E-state index in [2.05, 4.69) is 30.5 Å². The number of pyridine rings is 1. The van der Waals surface area contributed by atoms with Gasteiger partial charge >= 0.3 is 0 Å². The third kappa shape index (κ3) is 4.89. The van der Waals surface area contributed by atoms with Crippen molar-refractivity contribution in [3.05, 3.63) is 66.7 Å². The second kappa shape index (κ2) is 9.18. The van der Waals surface area contributed by atoms with Gasteiger partial charge in [0.25, 0.3) is 5.89 Å². The van der Waals surface area contributed by atoms with E-state index in [1.54, 1.807) is 0 Å². The van der Waals surface area contributed by atoms with Crippen molar-refractivity contribution in [3.63, 3.8) is 0 Å². The zero-order valence-electron chi connectivity index (χ0n) is 18.8. The van der Waals surface area contributed by atoms with E-state index in [4.69, 9.17) is 4.52 Å². The fourth-order valence-corrected chi connectivity index (χ4v) is 3.92. The van der Waals surface area contributed by atoms with Crippen molar-refractivity contribution >= 4 is 35.0 Å². The maximum Gasteiger partial charge on any atom is 0.276 e. The van der Waals surface area contributed by atoms with Crippen molar-refractivity contribution in [2.45, 2.75) is 24.7 Å². The molecule has 1 fully saturated rings. The summed E-state index contributed by atoms with van der Waals surface area (Å²) in [6.45, 7) is 2.00. The van der Waals surface area contributed by atoms with Gasteiger partial charge in [-0.3, -0.25) is 4.79 Å². The second-order valence-electron chi connectivity index (χ2n) is 8.41. The van der Waals surface area contributed by atoms with Crippen LogP contribution in [-0.4, -0.2) is 28.1 Å². The van der Waals surface area contributed by atoms with E-state index in [9.17, 15) is 4.79 Å². The van der Waals surface area contributed by atoms with Crippen molar-refractivity contribution < 1.29 is 9.32 Å². The van der Waals surface area contributed by atoms with Gasteiger partial charge in [-0.1, -0.05) is 24.2 Å². The Bertz CT molecular complexity index is 1320. The molecule has 0 spiro atoms. The molecule has 0 bridgehead atoms. The topological polar surface area (TPSA) is 105 Å². The summed E-state index contributed by atoms with van der Waals surface area (Å²) >= 11 is 1.49. The number of aromatic nitrogens is 3. The maximum absolute atomic E-state index is 12.3. The standard InChI is InChI=1S/C25H24N6O2S/c1-25(13-14-25)24(32)27-17-5-3-6-18(15-17)31-34-19-11-9-16(10-12-19)22-29-23(33-30-22)20-7-4-8-21(26-2)28-20/h3-12,15,31H,13-14H2,1-2H3,(H,26,28)(H,27,32). The van der Waals surface area contributed by atoms with Gasteiger partial charge in [-0.05, 0) is 79.4 Å². The number of amides is 1. The minimum absolute atomic E-state index is 0.0861. The zero-order chi connectivity index (χ0) is 23.5. The molecule has 0 atom stereocenters. The summed E-state index contributed by atoms with van der Waals surface area (Å²) in [5, 5.41) is 10.1. The predicted molar refractivity (Wildman–Crippen MR) is 134 cm³/mol. The molecule has 2 aromatic carbocycles. The average Bonchev–Trinajstić information content (AvgIpc) is 3.44. The molecule has 2 aromatic heterocycles. The number of hydrogen-bond acceptors (Lipinski definition) is 8. The first-order valence-corrected chi connectivity index (χ1v) is 11.8. The van der Waals surface area contributed by atoms with Crippen LogP contribution in [0.5, 0.6) is 0 Å². The van der Waals surface area contributed by atoms with Crippen LogP contribution < -0.4 is 15.4 Å². The third-order valence-electron chi connectivity index (χ3n) is 5.72. The van der Waals surface area contributed by atoms with Gasteiger partial charge in [-0.25, -0.2) is 4.98 Å². The summed E-state index contributed by atoms with van der Waals surface area (Å²) in [5.41, 5.74) is 2.97. The van der Waals surface area contributed by atoms with Crippen molar-refractivity contribution in [2.75, 3.05) is 22.4 Å². The Morgan fingerprint density at radius 2 is 1.76 bits per heavy atom. The molecule has 0 unspecified atom stereocenters. The van der Waals surface area contributed by atoms with Crippen molar-refractivity contribution in [1.82, 2.24) is 15.1 Å². The number of carbonyl (C=O) groups excluding carboxylic acids is 1. The van der Waals surface area contributed by atoms with Crippen LogP contribution in [0.15, 0.2) is 76.1 Å². The Morgan fingerprint density at radius 1 is 1.00 bits per heavy atom. The smallest absolute Gasteiger partial charge is 0.276 e. The molecule has 34 heavy (non-hydrogen) atoms. The van der Waals surface area contributed by atoms with Crippen LogP contribution in [-0.2, 0) is 4.79 Å². The van der Waals surface area contributed by atoms with E-state index in [0.29, 0.717) is 17.4 Å². The number of rotatable bonds is 8. The van der Waals surface area contributed by atoms with E-state index >= 15 is 0 Å². The molecule has 8 nitrogen and oxygen atoms in total. The van der Waals surface area contributed by atoms with Gasteiger partial charge in [0.1, 0.15) is 11.5 Å². The van der Waals surface area contributed by atoms with Crippen molar-refractivity contribution in [3.8, 4) is 23.0 Å². The predicted octanol–water partition coefficient (Wildman–Crippen LogP) is 5.70. The number of nitrogens with zero attached hydrogens (tertiary/aromatic N) is 3. The number of carbonyl (C=O) groups is 1. The average molecular weight is 473 g/mol. The fourth-order valence-electron chi connectivity index (χ4n) is 3.28. The largest absolute Gasteiger partial charge is 0.373 e. The first-order valence-electron chi connectivity index (χ1n) is 11.0. The van der Waals surface area contributed by atoms with E-state index in [1.165, 1.54) is 11.9 Å². The Labute approximate surface area is 201 Å². The lowest BCUT2D eigenvalue weighted by Crippen LogP contribution is -2.21. The van der Waals surface area contributed by atoms with E-state index in [0.717, 1.165) is 40.5 Å². The van der Waals surface area contributed by atoms with Crippen molar-refractivity contribution in [2.24, 2.45) is 5.41 Å². The zero-order valence-corrected chi connectivity index (χ0v) is 19.6. The molecule has 172 valence electrons. The molecular formula is C25H24N6O2S. The van der Waals surface area contributed by atoms with Crippen LogP contribution in [0.1, 0.15) is 19.8 Å². The second-order valence-corrected chi connectivity index (χ2v) is 9.28. The summed E-state index contributed by atoms with van der Waals surface area (Å²) in [6, 6.07) is 21.2. The monoisotopic (exact) mass is 472 g/mol. The molecule has 3 N–H and O–H groups in total. The highest BCUT2D eigenvalue weighted by molar-refractivity contribution is 8.00. The number of nitrogens with one attached hydrogen (secondary N) is 3. The Kier molecular flexibility index (Phi) is 5.93. The summed E-state index contributed by atoms with van der Waals surface area (Å²) in [4.78, 5) is 22.2. The SMILES string of the molecule is CNc1cccc(-c2nc(-c3ccc(SNc4cccc(NC(=O)C5(C)CC5)c4)cc3)no2)n1. The van der Waals surface area contributed by atoms with Crippen LogP contribution in [0.4, 0.5) is 17.2 Å². The van der Waals surface area contributed by atoms with Crippen LogP contribution >= 0.6 is 11.9 Å². The van der Waals surface area contributed by atoms with Crippen molar-refractivity contribution in [1.29, 1.82) is 0 Å². The van der Waals surface area contributed by atoms with Crippen LogP contribution in [0.2, 0.25) is 0 Å². The molecule has 1 saturated carbocycles. The third-order valence-corrected chi connectivity index (χ3v) is 6.56.